The van der Waals surface area contributed by atoms with Crippen LogP contribution in [0.5, 0.6) is 0 Å². The number of aryl methyl sites for hydroxylation is 1. The van der Waals surface area contributed by atoms with E-state index in [1.54, 1.807) is 6.92 Å². The Bertz CT molecular complexity index is 297. The topological polar surface area (TPSA) is 32.9 Å². The van der Waals surface area contributed by atoms with Crippen LogP contribution in [0.25, 0.3) is 0 Å². The van der Waals surface area contributed by atoms with Crippen LogP contribution >= 0.6 is 0 Å². The van der Waals surface area contributed by atoms with Crippen molar-refractivity contribution in [1.82, 2.24) is 4.98 Å². The summed E-state index contributed by atoms with van der Waals surface area (Å²) in [5, 5.41) is 0. The molecule has 2 nitrogen and oxygen atoms in total. The first kappa shape index (κ1) is 9.04. The van der Waals surface area contributed by atoms with Crippen LogP contribution < -0.4 is 0 Å². The largest absolute Gasteiger partial charge is 0.364 e. The lowest BCUT2D eigenvalue weighted by Crippen LogP contribution is -1.99. The molecule has 0 spiro atoms. The maximum absolute atomic E-state index is 11.2. The van der Waals surface area contributed by atoms with Gasteiger partial charge in [-0.3, -0.25) is 4.79 Å². The van der Waals surface area contributed by atoms with Gasteiger partial charge in [-0.05, 0) is 25.3 Å². The van der Waals surface area contributed by atoms with Crippen molar-refractivity contribution in [2.75, 3.05) is 0 Å². The molecule has 1 heterocycles. The zero-order valence-corrected chi connectivity index (χ0v) is 8.06. The molecule has 0 radical (unpaired) electrons. The standard InChI is InChI=1S/C10H15NO/c1-6(2)9-5-11-7(3)10(9)8(4)12/h5-6,11H,1-4H3. The molecule has 66 valence electrons. The summed E-state index contributed by atoms with van der Waals surface area (Å²) in [6.07, 6.45) is 1.93. The summed E-state index contributed by atoms with van der Waals surface area (Å²) in [6, 6.07) is 0. The molecule has 0 aromatic carbocycles. The number of carbonyl (C=O) groups excluding carboxylic acids is 1. The summed E-state index contributed by atoms with van der Waals surface area (Å²) in [5.74, 6) is 0.561. The Morgan fingerprint density at radius 2 is 2.08 bits per heavy atom. The Hall–Kier alpha value is -1.05. The van der Waals surface area contributed by atoms with Gasteiger partial charge in [-0.25, -0.2) is 0 Å². The van der Waals surface area contributed by atoms with E-state index in [4.69, 9.17) is 0 Å². The second-order valence-corrected chi connectivity index (χ2v) is 3.45. The first-order chi connectivity index (χ1) is 5.54. The van der Waals surface area contributed by atoms with Gasteiger partial charge in [-0.15, -0.1) is 0 Å². The molecule has 1 rings (SSSR count). The third kappa shape index (κ3) is 1.42. The van der Waals surface area contributed by atoms with Crippen LogP contribution in [0.1, 0.15) is 48.3 Å². The molecule has 12 heavy (non-hydrogen) atoms. The Kier molecular flexibility index (Phi) is 2.36. The van der Waals surface area contributed by atoms with Crippen molar-refractivity contribution in [2.45, 2.75) is 33.6 Å². The van der Waals surface area contributed by atoms with Crippen molar-refractivity contribution in [3.8, 4) is 0 Å². The van der Waals surface area contributed by atoms with E-state index in [0.29, 0.717) is 5.92 Å². The number of H-pyrrole nitrogens is 1. The Morgan fingerprint density at radius 1 is 1.50 bits per heavy atom. The minimum Gasteiger partial charge on any atom is -0.364 e. The van der Waals surface area contributed by atoms with Crippen LogP contribution in [0.4, 0.5) is 0 Å². The molecular weight excluding hydrogens is 150 g/mol. The zero-order valence-electron chi connectivity index (χ0n) is 8.06. The summed E-state index contributed by atoms with van der Waals surface area (Å²) in [5.41, 5.74) is 2.97. The van der Waals surface area contributed by atoms with E-state index in [1.807, 2.05) is 13.1 Å². The zero-order chi connectivity index (χ0) is 9.30. The lowest BCUT2D eigenvalue weighted by Gasteiger charge is -2.04. The third-order valence-corrected chi connectivity index (χ3v) is 2.08. The van der Waals surface area contributed by atoms with Crippen molar-refractivity contribution in [1.29, 1.82) is 0 Å². The van der Waals surface area contributed by atoms with Gasteiger partial charge in [0.05, 0.1) is 0 Å². The van der Waals surface area contributed by atoms with Crippen LogP contribution in [0, 0.1) is 6.92 Å². The van der Waals surface area contributed by atoms with Crippen LogP contribution in [-0.2, 0) is 0 Å². The second kappa shape index (κ2) is 3.13. The molecule has 0 aliphatic carbocycles. The highest BCUT2D eigenvalue weighted by molar-refractivity contribution is 5.96. The fourth-order valence-electron chi connectivity index (χ4n) is 1.47. The van der Waals surface area contributed by atoms with Gasteiger partial charge in [-0.2, -0.15) is 0 Å². The number of Topliss-reactive ketones (excluding diaryl/α,β-unsaturated/α-hetero) is 1. The fourth-order valence-corrected chi connectivity index (χ4v) is 1.47. The van der Waals surface area contributed by atoms with E-state index in [9.17, 15) is 4.79 Å². The van der Waals surface area contributed by atoms with E-state index in [0.717, 1.165) is 16.8 Å². The van der Waals surface area contributed by atoms with E-state index >= 15 is 0 Å². The summed E-state index contributed by atoms with van der Waals surface area (Å²) in [7, 11) is 0. The number of rotatable bonds is 2. The van der Waals surface area contributed by atoms with Gasteiger partial charge in [0.1, 0.15) is 0 Å². The van der Waals surface area contributed by atoms with Crippen molar-refractivity contribution in [3.05, 3.63) is 23.0 Å². The maximum Gasteiger partial charge on any atom is 0.161 e. The summed E-state index contributed by atoms with van der Waals surface area (Å²) >= 11 is 0. The molecule has 0 saturated heterocycles. The summed E-state index contributed by atoms with van der Waals surface area (Å²) < 4.78 is 0. The molecule has 0 atom stereocenters. The van der Waals surface area contributed by atoms with Gasteiger partial charge in [-0.1, -0.05) is 13.8 Å². The second-order valence-electron chi connectivity index (χ2n) is 3.45. The fraction of sp³-hybridized carbons (Fsp3) is 0.500. The minimum atomic E-state index is 0.150. The Labute approximate surface area is 73.0 Å². The molecule has 0 unspecified atom stereocenters. The number of aromatic nitrogens is 1. The van der Waals surface area contributed by atoms with E-state index < -0.39 is 0 Å². The van der Waals surface area contributed by atoms with Crippen molar-refractivity contribution >= 4 is 5.78 Å². The number of ketones is 1. The average Bonchev–Trinajstić information content (AvgIpc) is 2.30. The average molecular weight is 165 g/mol. The van der Waals surface area contributed by atoms with Crippen molar-refractivity contribution in [3.63, 3.8) is 0 Å². The molecule has 1 N–H and O–H groups in total. The normalized spacial score (nSPS) is 10.8. The third-order valence-electron chi connectivity index (χ3n) is 2.08. The van der Waals surface area contributed by atoms with Crippen LogP contribution in [0.15, 0.2) is 6.20 Å². The highest BCUT2D eigenvalue weighted by atomic mass is 16.1. The predicted octanol–water partition coefficient (Wildman–Crippen LogP) is 2.65. The maximum atomic E-state index is 11.2. The highest BCUT2D eigenvalue weighted by Gasteiger charge is 2.14. The van der Waals surface area contributed by atoms with E-state index in [2.05, 4.69) is 18.8 Å². The van der Waals surface area contributed by atoms with E-state index in [-0.39, 0.29) is 5.78 Å². The molecule has 0 aliphatic rings. The predicted molar refractivity (Wildman–Crippen MR) is 49.6 cm³/mol. The van der Waals surface area contributed by atoms with Crippen molar-refractivity contribution < 1.29 is 4.79 Å². The van der Waals surface area contributed by atoms with Gasteiger partial charge in [0.2, 0.25) is 0 Å². The number of carbonyl (C=O) groups is 1. The molecule has 1 aromatic rings. The molecule has 2 heteroatoms. The Morgan fingerprint density at radius 3 is 2.42 bits per heavy atom. The molecule has 0 aliphatic heterocycles. The minimum absolute atomic E-state index is 0.150. The van der Waals surface area contributed by atoms with Crippen LogP contribution in [0.2, 0.25) is 0 Å². The molecule has 0 saturated carbocycles. The first-order valence-electron chi connectivity index (χ1n) is 4.22. The lowest BCUT2D eigenvalue weighted by atomic mass is 9.98. The highest BCUT2D eigenvalue weighted by Crippen LogP contribution is 2.22. The van der Waals surface area contributed by atoms with Gasteiger partial charge in [0.15, 0.2) is 5.78 Å². The molecule has 0 amide bonds. The number of aromatic amines is 1. The van der Waals surface area contributed by atoms with Crippen molar-refractivity contribution in [2.24, 2.45) is 0 Å². The number of nitrogens with one attached hydrogen (secondary N) is 1. The summed E-state index contributed by atoms with van der Waals surface area (Å²) in [6.45, 7) is 7.73. The van der Waals surface area contributed by atoms with Crippen LogP contribution in [0.3, 0.4) is 0 Å². The summed E-state index contributed by atoms with van der Waals surface area (Å²) in [4.78, 5) is 14.3. The monoisotopic (exact) mass is 165 g/mol. The van der Waals surface area contributed by atoms with Gasteiger partial charge in [0.25, 0.3) is 0 Å². The molecule has 0 fully saturated rings. The molecule has 1 aromatic heterocycles. The van der Waals surface area contributed by atoms with Gasteiger partial charge < -0.3 is 4.98 Å². The number of hydrogen-bond donors (Lipinski definition) is 1. The lowest BCUT2D eigenvalue weighted by molar-refractivity contribution is 0.101. The first-order valence-corrected chi connectivity index (χ1v) is 4.22. The SMILES string of the molecule is CC(=O)c1c(C(C)C)c[nH]c1C. The van der Waals surface area contributed by atoms with E-state index in [1.165, 1.54) is 0 Å². The molecular formula is C10H15NO. The quantitative estimate of drug-likeness (QED) is 0.671. The smallest absolute Gasteiger partial charge is 0.161 e. The van der Waals surface area contributed by atoms with Gasteiger partial charge in [0, 0.05) is 17.5 Å². The molecule has 0 bridgehead atoms. The number of hydrogen-bond acceptors (Lipinski definition) is 1. The van der Waals surface area contributed by atoms with Crippen LogP contribution in [-0.4, -0.2) is 10.8 Å². The Balaban J connectivity index is 3.21. The van der Waals surface area contributed by atoms with Gasteiger partial charge >= 0.3 is 0 Å².